The molecule has 3 atom stereocenters. The molecule has 9 heteroatoms. The van der Waals surface area contributed by atoms with Crippen LogP contribution in [0.25, 0.3) is 6.08 Å². The molecule has 37 heavy (non-hydrogen) atoms. The second-order valence-electron chi connectivity index (χ2n) is 10.3. The summed E-state index contributed by atoms with van der Waals surface area (Å²) in [6.45, 7) is 3.61. The number of hydrogen-bond donors (Lipinski definition) is 1. The highest BCUT2D eigenvalue weighted by atomic mass is 32.1. The largest absolute Gasteiger partial charge is 0.325 e. The summed E-state index contributed by atoms with van der Waals surface area (Å²) in [5, 5.41) is 13.4. The fourth-order valence-corrected chi connectivity index (χ4v) is 7.22. The van der Waals surface area contributed by atoms with Crippen LogP contribution in [-0.4, -0.2) is 45.5 Å². The second kappa shape index (κ2) is 10.9. The maximum absolute atomic E-state index is 13.7. The minimum atomic E-state index is -0.959. The third-order valence-corrected chi connectivity index (χ3v) is 9.38. The van der Waals surface area contributed by atoms with Crippen LogP contribution >= 0.6 is 22.7 Å². The van der Waals surface area contributed by atoms with Crippen LogP contribution in [0.2, 0.25) is 0 Å². The van der Waals surface area contributed by atoms with Gasteiger partial charge < -0.3 is 5.32 Å². The molecule has 196 valence electrons. The zero-order chi connectivity index (χ0) is 26.0. The number of hydrazone groups is 1. The Morgan fingerprint density at radius 2 is 2.00 bits per heavy atom. The Bertz CT molecular complexity index is 1200. The van der Waals surface area contributed by atoms with Gasteiger partial charge in [0.25, 0.3) is 11.8 Å². The average molecular weight is 539 g/mol. The molecular weight excluding hydrogens is 504 g/mol. The van der Waals surface area contributed by atoms with Crippen LogP contribution in [-0.2, 0) is 9.59 Å². The van der Waals surface area contributed by atoms with Crippen molar-refractivity contribution in [2.75, 3.05) is 6.54 Å². The van der Waals surface area contributed by atoms with E-state index in [1.165, 1.54) is 10.5 Å². The Morgan fingerprint density at radius 3 is 2.73 bits per heavy atom. The van der Waals surface area contributed by atoms with Crippen LogP contribution in [0.1, 0.15) is 81.0 Å². The lowest BCUT2D eigenvalue weighted by atomic mass is 9.79. The van der Waals surface area contributed by atoms with Crippen LogP contribution in [0.3, 0.4) is 0 Å². The van der Waals surface area contributed by atoms with Gasteiger partial charge in [0.1, 0.15) is 12.1 Å². The molecule has 0 bridgehead atoms. The number of carbonyl (C=O) groups excluding carboxylic acids is 3. The average Bonchev–Trinajstić information content (AvgIpc) is 3.67. The van der Waals surface area contributed by atoms with E-state index in [-0.39, 0.29) is 30.3 Å². The van der Waals surface area contributed by atoms with Crippen molar-refractivity contribution < 1.29 is 14.4 Å². The van der Waals surface area contributed by atoms with Gasteiger partial charge in [-0.2, -0.15) is 5.10 Å². The van der Waals surface area contributed by atoms with Crippen LogP contribution in [0.4, 0.5) is 4.79 Å². The zero-order valence-electron chi connectivity index (χ0n) is 21.4. The van der Waals surface area contributed by atoms with Crippen molar-refractivity contribution in [3.63, 3.8) is 0 Å². The number of thiophene rings is 2. The third kappa shape index (κ3) is 5.16. The fraction of sp³-hybridized carbons (Fsp3) is 0.500. The molecule has 4 amide bonds. The van der Waals surface area contributed by atoms with Gasteiger partial charge in [-0.05, 0) is 67.1 Å². The summed E-state index contributed by atoms with van der Waals surface area (Å²) >= 11 is 3.30. The first-order chi connectivity index (χ1) is 17.9. The Labute approximate surface area is 226 Å². The smallest absolute Gasteiger partial charge is 0.323 e. The number of urea groups is 1. The summed E-state index contributed by atoms with van der Waals surface area (Å²) in [7, 11) is 0. The Morgan fingerprint density at radius 1 is 1.19 bits per heavy atom. The molecule has 4 heterocycles. The van der Waals surface area contributed by atoms with Gasteiger partial charge >= 0.3 is 6.03 Å². The maximum Gasteiger partial charge on any atom is 0.325 e. The van der Waals surface area contributed by atoms with Crippen molar-refractivity contribution in [1.82, 2.24) is 15.2 Å². The van der Waals surface area contributed by atoms with Crippen molar-refractivity contribution >= 4 is 52.3 Å². The topological polar surface area (TPSA) is 82.1 Å². The Kier molecular flexibility index (Phi) is 7.62. The van der Waals surface area contributed by atoms with Crippen molar-refractivity contribution in [2.24, 2.45) is 11.0 Å². The molecule has 1 saturated carbocycles. The lowest BCUT2D eigenvalue weighted by Crippen LogP contribution is -2.45. The molecule has 1 saturated heterocycles. The van der Waals surface area contributed by atoms with Crippen molar-refractivity contribution in [2.45, 2.75) is 76.8 Å². The number of imide groups is 1. The van der Waals surface area contributed by atoms with Crippen LogP contribution < -0.4 is 5.32 Å². The van der Waals surface area contributed by atoms with Crippen LogP contribution in [0, 0.1) is 5.92 Å². The summed E-state index contributed by atoms with van der Waals surface area (Å²) in [6.07, 6.45) is 9.76. The Balaban J connectivity index is 1.38. The number of amides is 4. The molecule has 2 fully saturated rings. The number of allylic oxidation sites excluding steroid dienone is 1. The molecule has 0 spiro atoms. The molecule has 7 nitrogen and oxygen atoms in total. The van der Waals surface area contributed by atoms with E-state index in [4.69, 9.17) is 5.10 Å². The summed E-state index contributed by atoms with van der Waals surface area (Å²) in [6, 6.07) is 7.46. The highest BCUT2D eigenvalue weighted by Gasteiger charge is 2.50. The first-order valence-corrected chi connectivity index (χ1v) is 15.0. The fourth-order valence-electron chi connectivity index (χ4n) is 5.66. The van der Waals surface area contributed by atoms with Gasteiger partial charge in [0.2, 0.25) is 0 Å². The number of fused-ring (bicyclic) bond motifs is 1. The molecule has 5 rings (SSSR count). The molecule has 1 N–H and O–H groups in total. The minimum absolute atomic E-state index is 0.106. The van der Waals surface area contributed by atoms with E-state index in [9.17, 15) is 14.4 Å². The quantitative estimate of drug-likeness (QED) is 0.304. The number of rotatable bonds is 9. The SMILES string of the molecule is CCCCCC[C@@]1(C)NC(=O)N(CC(=O)N2N=C3/C(=C\c4cccs4)CCC[C@H]3[C@H]2c2cccs2)C1=O. The highest BCUT2D eigenvalue weighted by molar-refractivity contribution is 7.11. The number of carbonyl (C=O) groups is 3. The van der Waals surface area contributed by atoms with E-state index in [1.807, 2.05) is 23.6 Å². The summed E-state index contributed by atoms with van der Waals surface area (Å²) in [5.74, 6) is -0.540. The van der Waals surface area contributed by atoms with Crippen LogP contribution in [0.5, 0.6) is 0 Å². The van der Waals surface area contributed by atoms with E-state index in [2.05, 4.69) is 29.8 Å². The van der Waals surface area contributed by atoms with E-state index in [0.717, 1.165) is 60.4 Å². The van der Waals surface area contributed by atoms with Crippen LogP contribution in [0.15, 0.2) is 45.7 Å². The standard InChI is InChI=1S/C28H34N4O3S2/c1-3-4-5-6-14-28(2)26(34)31(27(35)29-28)18-23(33)32-25(22-13-9-16-37-22)21-12-7-10-19(24(21)30-32)17-20-11-8-15-36-20/h8-9,11,13,15-17,21,25H,3-7,10,12,14,18H2,1-2H3,(H,29,35)/b19-17-/t21-,25+,28-/m1/s1. The van der Waals surface area contributed by atoms with Crippen molar-refractivity contribution in [3.8, 4) is 0 Å². The normalized spacial score (nSPS) is 26.5. The van der Waals surface area contributed by atoms with Crippen molar-refractivity contribution in [1.29, 1.82) is 0 Å². The molecule has 0 unspecified atom stereocenters. The Hall–Kier alpha value is -2.78. The van der Waals surface area contributed by atoms with Gasteiger partial charge in [-0.1, -0.05) is 44.7 Å². The van der Waals surface area contributed by atoms with Gasteiger partial charge in [0.05, 0.1) is 11.8 Å². The minimum Gasteiger partial charge on any atom is -0.323 e. The van der Waals surface area contributed by atoms with Gasteiger partial charge in [-0.25, -0.2) is 9.80 Å². The first-order valence-electron chi connectivity index (χ1n) is 13.2. The number of unbranched alkanes of at least 4 members (excludes halogenated alkanes) is 3. The number of hydrogen-bond acceptors (Lipinski definition) is 6. The zero-order valence-corrected chi connectivity index (χ0v) is 23.1. The van der Waals surface area contributed by atoms with Gasteiger partial charge in [-0.3, -0.25) is 14.5 Å². The van der Waals surface area contributed by atoms with Crippen molar-refractivity contribution in [3.05, 3.63) is 50.4 Å². The summed E-state index contributed by atoms with van der Waals surface area (Å²) in [5.41, 5.74) is 1.18. The molecule has 0 aromatic carbocycles. The van der Waals surface area contributed by atoms with E-state index >= 15 is 0 Å². The highest BCUT2D eigenvalue weighted by Crippen LogP contribution is 2.45. The molecule has 0 radical (unpaired) electrons. The molecule has 2 aromatic heterocycles. The van der Waals surface area contributed by atoms with E-state index in [1.54, 1.807) is 34.6 Å². The molecule has 2 aromatic rings. The lowest BCUT2D eigenvalue weighted by Gasteiger charge is -2.29. The van der Waals surface area contributed by atoms with Gasteiger partial charge in [0.15, 0.2) is 0 Å². The molecular formula is C28H34N4O3S2. The third-order valence-electron chi connectivity index (χ3n) is 7.62. The predicted octanol–water partition coefficient (Wildman–Crippen LogP) is 6.21. The monoisotopic (exact) mass is 538 g/mol. The summed E-state index contributed by atoms with van der Waals surface area (Å²) < 4.78 is 0. The molecule has 3 aliphatic rings. The summed E-state index contributed by atoms with van der Waals surface area (Å²) in [4.78, 5) is 43.1. The molecule has 1 aliphatic carbocycles. The van der Waals surface area contributed by atoms with E-state index in [0.29, 0.717) is 6.42 Å². The molecule has 2 aliphatic heterocycles. The predicted molar refractivity (Wildman–Crippen MR) is 148 cm³/mol. The second-order valence-corrected chi connectivity index (χ2v) is 12.3. The number of nitrogens with zero attached hydrogens (tertiary/aromatic N) is 3. The van der Waals surface area contributed by atoms with Gasteiger partial charge in [0, 0.05) is 15.7 Å². The maximum atomic E-state index is 13.7. The van der Waals surface area contributed by atoms with E-state index < -0.39 is 11.6 Å². The first kappa shape index (κ1) is 25.9. The van der Waals surface area contributed by atoms with Gasteiger partial charge in [-0.15, -0.1) is 22.7 Å². The lowest BCUT2D eigenvalue weighted by molar-refractivity contribution is -0.140. The number of nitrogens with one attached hydrogen (secondary N) is 1.